The van der Waals surface area contributed by atoms with Crippen molar-refractivity contribution in [1.29, 1.82) is 0 Å². The largest absolute Gasteiger partial charge is 0.494 e. The fourth-order valence-corrected chi connectivity index (χ4v) is 17.4. The van der Waals surface area contributed by atoms with Crippen LogP contribution in [-0.2, 0) is 9.31 Å². The van der Waals surface area contributed by atoms with E-state index < -0.39 is 0 Å². The molecule has 0 radical (unpaired) electrons. The first-order valence-corrected chi connectivity index (χ1v) is 40.6. The van der Waals surface area contributed by atoms with Gasteiger partial charge in [-0.2, -0.15) is 0 Å². The number of fused-ring (bicyclic) bond motifs is 8. The van der Waals surface area contributed by atoms with Gasteiger partial charge in [-0.1, -0.05) is 351 Å². The average Bonchev–Trinajstić information content (AvgIpc) is 1.61. The van der Waals surface area contributed by atoms with Crippen molar-refractivity contribution in [2.24, 2.45) is 0 Å². The van der Waals surface area contributed by atoms with Crippen LogP contribution < -0.4 is 5.46 Å². The highest BCUT2D eigenvalue weighted by molar-refractivity contribution is 7.26. The molecule has 0 aliphatic carbocycles. The summed E-state index contributed by atoms with van der Waals surface area (Å²) in [6, 6.07) is 125. The molecule has 0 spiro atoms. The predicted molar refractivity (Wildman–Crippen MR) is 483 cm³/mol. The lowest BCUT2D eigenvalue weighted by molar-refractivity contribution is 0.00578. The van der Waals surface area contributed by atoms with Crippen LogP contribution in [0.5, 0.6) is 0 Å². The minimum Gasteiger partial charge on any atom is -0.399 e. The highest BCUT2D eigenvalue weighted by atomic mass is 35.5. The number of pyridine rings is 2. The van der Waals surface area contributed by atoms with Gasteiger partial charge in [0.05, 0.1) is 47.7 Å². The summed E-state index contributed by atoms with van der Waals surface area (Å²) in [6.07, 6.45) is 0. The second-order valence-corrected chi connectivity index (χ2v) is 32.2. The molecule has 14 heteroatoms. The summed E-state index contributed by atoms with van der Waals surface area (Å²) in [7, 11) is -0.359. The molecule has 1 aliphatic rings. The molecule has 6 aromatic heterocycles. The number of hydrogen-bond donors (Lipinski definition) is 0. The molecule has 1 fully saturated rings. The summed E-state index contributed by atoms with van der Waals surface area (Å²) in [5, 5.41) is 5.42. The van der Waals surface area contributed by atoms with E-state index in [1.165, 1.54) is 52.5 Å². The van der Waals surface area contributed by atoms with Gasteiger partial charge < -0.3 is 9.31 Å². The minimum atomic E-state index is -0.359. The number of rotatable bonds is 12. The normalized spacial score (nSPS) is 12.9. The Morgan fingerprint density at radius 2 is 0.491 bits per heavy atom. The average molecular weight is 1550 g/mol. The number of halogens is 1. The van der Waals surface area contributed by atoms with Crippen LogP contribution in [0.25, 0.3) is 186 Å². The monoisotopic (exact) mass is 1550 g/mol. The number of hydrogen-bond acceptors (Lipinski definition) is 12. The second kappa shape index (κ2) is 31.2. The smallest absolute Gasteiger partial charge is 0.399 e. The van der Waals surface area contributed by atoms with Crippen LogP contribution >= 0.6 is 34.3 Å². The first-order valence-electron chi connectivity index (χ1n) is 38.6. The molecule has 0 unspecified atom stereocenters. The Morgan fingerprint density at radius 1 is 0.241 bits per heavy atom. The summed E-state index contributed by atoms with van der Waals surface area (Å²) in [5.41, 5.74) is 21.8. The maximum Gasteiger partial charge on any atom is 0.494 e. The molecule has 1 aliphatic heterocycles. The Morgan fingerprint density at radius 3 is 0.845 bits per heavy atom. The minimum absolute atomic E-state index is 0.355. The van der Waals surface area contributed by atoms with Crippen molar-refractivity contribution < 1.29 is 9.31 Å². The predicted octanol–water partition coefficient (Wildman–Crippen LogP) is 26.6. The van der Waals surface area contributed by atoms with E-state index in [2.05, 4.69) is 234 Å². The molecular formula is C102H72BClN8O2S2. The molecule has 14 aromatic carbocycles. The summed E-state index contributed by atoms with van der Waals surface area (Å²) in [4.78, 5) is 39.0. The zero-order valence-electron chi connectivity index (χ0n) is 63.8. The Bertz CT molecular complexity index is 6850. The van der Waals surface area contributed by atoms with E-state index in [1.807, 2.05) is 169 Å². The van der Waals surface area contributed by atoms with Gasteiger partial charge in [0.25, 0.3) is 0 Å². The second-order valence-electron chi connectivity index (χ2n) is 29.7. The van der Waals surface area contributed by atoms with E-state index in [9.17, 15) is 0 Å². The van der Waals surface area contributed by atoms with Crippen molar-refractivity contribution >= 4 is 109 Å². The zero-order valence-corrected chi connectivity index (χ0v) is 66.2. The lowest BCUT2D eigenvalue weighted by atomic mass is 9.78. The molecule has 10 nitrogen and oxygen atoms in total. The van der Waals surface area contributed by atoms with E-state index in [4.69, 9.17) is 60.8 Å². The van der Waals surface area contributed by atoms with E-state index in [0.29, 0.717) is 34.9 Å². The Hall–Kier alpha value is -13.4. The number of nitrogens with zero attached hydrogens (tertiary/aromatic N) is 8. The zero-order chi connectivity index (χ0) is 78.3. The fourth-order valence-electron chi connectivity index (χ4n) is 14.8. The van der Waals surface area contributed by atoms with Gasteiger partial charge in [0, 0.05) is 69.9 Å². The van der Waals surface area contributed by atoms with Gasteiger partial charge in [-0.05, 0) is 107 Å². The van der Waals surface area contributed by atoms with Crippen molar-refractivity contribution in [3.05, 3.63) is 369 Å². The quantitative estimate of drug-likeness (QED) is 0.109. The maximum atomic E-state index is 6.52. The van der Waals surface area contributed by atoms with Gasteiger partial charge in [0.1, 0.15) is 0 Å². The molecular weight excluding hydrogens is 1480 g/mol. The summed E-state index contributed by atoms with van der Waals surface area (Å²) in [5.74, 6) is 3.92. The van der Waals surface area contributed by atoms with Gasteiger partial charge in [-0.15, -0.1) is 22.7 Å². The SMILES string of the molecule is CC1(C)OB(c2ccc(-c3ccc(-c4ccc(-c5nc(-c6ccccc6)nc(-c6ccccc6)n5)cc4)cc3)cc2)OC1(C)C.Clc1c2ccccc2nc2c1sc1ccccc12.c1ccc(-c2nc(-c3ccccc3)nc(-c3ccc(-c4ccc(-c5ccc(-c6c7ccccc7nc7c6sc6ccccc67)cc5)cc4)cc3)n2)cc1. The molecule has 21 rings (SSSR count). The topological polar surface area (TPSA) is 122 Å². The van der Waals surface area contributed by atoms with Crippen LogP contribution in [0.1, 0.15) is 27.7 Å². The van der Waals surface area contributed by atoms with Crippen LogP contribution in [0.3, 0.4) is 0 Å². The Kier molecular flexibility index (Phi) is 19.6. The number of aromatic nitrogens is 8. The van der Waals surface area contributed by atoms with Gasteiger partial charge in [0.2, 0.25) is 0 Å². The number of benzene rings is 14. The van der Waals surface area contributed by atoms with Crippen LogP contribution in [-0.4, -0.2) is 58.2 Å². The third kappa shape index (κ3) is 14.6. The standard InChI is InChI=1S/C48H30N4S.C39H34BN3O2.C15H8ClNS/c1-3-11-36(12-4-1)46-50-47(37-13-5-2-6-14-37)52-48(51-46)38-29-25-34(26-30-38)32-21-19-31(20-22-32)33-23-27-35(28-24-33)43-39-15-7-9-17-41(39)49-44-40-16-8-10-18-42(40)53-45(43)44;1-38(2)39(3,4)45-40(44-38)34-25-23-30(24-26-34)28-17-15-27(16-18-28)29-19-21-33(22-20-29)37-42-35(31-11-7-5-8-12-31)41-36(43-37)32-13-9-6-10-14-32;16-13-9-5-1-3-7-11(9)17-14-10-6-2-4-8-12(10)18-15(13)14/h1-30H;5-26H,1-4H3;1-8H. The van der Waals surface area contributed by atoms with Gasteiger partial charge in [-0.25, -0.2) is 39.9 Å². The highest BCUT2D eigenvalue weighted by Gasteiger charge is 2.51. The summed E-state index contributed by atoms with van der Waals surface area (Å²) >= 11 is 10.0. The first kappa shape index (κ1) is 72.9. The lowest BCUT2D eigenvalue weighted by Crippen LogP contribution is -2.41. The third-order valence-corrected chi connectivity index (χ3v) is 24.6. The fraction of sp³-hybridized carbons (Fsp3) is 0.0588. The molecule has 116 heavy (non-hydrogen) atoms. The van der Waals surface area contributed by atoms with E-state index in [0.717, 1.165) is 109 Å². The van der Waals surface area contributed by atoms with Gasteiger partial charge >= 0.3 is 7.12 Å². The molecule has 0 saturated carbocycles. The van der Waals surface area contributed by atoms with E-state index in [-0.39, 0.29) is 18.3 Å². The maximum absolute atomic E-state index is 6.52. The van der Waals surface area contributed by atoms with Crippen LogP contribution in [0.2, 0.25) is 5.02 Å². The molecule has 0 bridgehead atoms. The molecule has 0 atom stereocenters. The lowest BCUT2D eigenvalue weighted by Gasteiger charge is -2.32. The highest BCUT2D eigenvalue weighted by Crippen LogP contribution is 2.45. The van der Waals surface area contributed by atoms with Gasteiger partial charge in [0.15, 0.2) is 34.9 Å². The van der Waals surface area contributed by atoms with Crippen molar-refractivity contribution in [3.63, 3.8) is 0 Å². The molecule has 1 saturated heterocycles. The number of thiophene rings is 2. The van der Waals surface area contributed by atoms with Crippen molar-refractivity contribution in [2.75, 3.05) is 0 Å². The van der Waals surface area contributed by atoms with Crippen molar-refractivity contribution in [2.45, 2.75) is 38.9 Å². The molecule has 7 heterocycles. The summed E-state index contributed by atoms with van der Waals surface area (Å²) in [6.45, 7) is 8.31. The van der Waals surface area contributed by atoms with E-state index >= 15 is 0 Å². The van der Waals surface area contributed by atoms with Crippen LogP contribution in [0.4, 0.5) is 0 Å². The van der Waals surface area contributed by atoms with E-state index in [1.54, 1.807) is 11.3 Å². The molecule has 0 N–H and O–H groups in total. The molecule has 20 aromatic rings. The van der Waals surface area contributed by atoms with Crippen LogP contribution in [0.15, 0.2) is 364 Å². The van der Waals surface area contributed by atoms with Crippen molar-refractivity contribution in [3.8, 4) is 124 Å². The summed E-state index contributed by atoms with van der Waals surface area (Å²) < 4.78 is 17.2. The molecule has 554 valence electrons. The van der Waals surface area contributed by atoms with Gasteiger partial charge in [-0.3, -0.25) is 0 Å². The van der Waals surface area contributed by atoms with Crippen LogP contribution in [0, 0.1) is 0 Å². The first-order chi connectivity index (χ1) is 56.8. The Labute approximate surface area is 685 Å². The Balaban J connectivity index is 0.000000128. The number of para-hydroxylation sites is 2. The van der Waals surface area contributed by atoms with Crippen molar-refractivity contribution in [1.82, 2.24) is 39.9 Å². The third-order valence-electron chi connectivity index (χ3n) is 21.7. The molecule has 0 amide bonds.